The van der Waals surface area contributed by atoms with Gasteiger partial charge in [0.15, 0.2) is 11.1 Å². The van der Waals surface area contributed by atoms with Crippen LogP contribution >= 0.6 is 0 Å². The van der Waals surface area contributed by atoms with E-state index < -0.39 is 18.4 Å². The Balaban J connectivity index is 0.000000416. The van der Waals surface area contributed by atoms with Crippen LogP contribution in [0.4, 0.5) is 18.9 Å². The molecule has 42 heavy (non-hydrogen) atoms. The van der Waals surface area contributed by atoms with Crippen molar-refractivity contribution in [1.82, 2.24) is 8.61 Å². The maximum atomic E-state index is 14.1. The molecule has 0 aliphatic carbocycles. The molecule has 0 N–H and O–H groups in total. The summed E-state index contributed by atoms with van der Waals surface area (Å²) in [4.78, 5) is 3.90. The number of benzene rings is 3. The molecule has 0 amide bonds. The molecule has 1 aliphatic heterocycles. The van der Waals surface area contributed by atoms with Gasteiger partial charge in [0.1, 0.15) is 14.1 Å². The molecular formula is C32H44BF3N4OS. The molecule has 3 aromatic carbocycles. The van der Waals surface area contributed by atoms with E-state index in [-0.39, 0.29) is 11.1 Å². The summed E-state index contributed by atoms with van der Waals surface area (Å²) in [6, 6.07) is 15.1. The third-order valence-corrected chi connectivity index (χ3v) is 9.36. The Hall–Kier alpha value is -2.95. The van der Waals surface area contributed by atoms with Gasteiger partial charge in [0.05, 0.1) is 0 Å². The molecule has 0 spiro atoms. The number of aliphatic imine (C=N–C) groups is 1. The molecule has 0 aromatic heterocycles. The first kappa shape index (κ1) is 33.6. The average molecular weight is 601 g/mol. The summed E-state index contributed by atoms with van der Waals surface area (Å²) in [5, 5.41) is 0. The van der Waals surface area contributed by atoms with E-state index in [4.69, 9.17) is 4.65 Å². The first-order valence-corrected chi connectivity index (χ1v) is 15.0. The highest BCUT2D eigenvalue weighted by atomic mass is 32.2. The summed E-state index contributed by atoms with van der Waals surface area (Å²) < 4.78 is 55.0. The minimum atomic E-state index is -4.71. The zero-order valence-corrected chi connectivity index (χ0v) is 27.8. The largest absolute Gasteiger partial charge is 0.685 e. The van der Waals surface area contributed by atoms with Crippen molar-refractivity contribution in [3.63, 3.8) is 0 Å². The Morgan fingerprint density at radius 2 is 1.14 bits per heavy atom. The predicted molar refractivity (Wildman–Crippen MR) is 173 cm³/mol. The number of aryl methyl sites for hydroxylation is 6. The van der Waals surface area contributed by atoms with Crippen molar-refractivity contribution in [2.24, 2.45) is 4.99 Å². The van der Waals surface area contributed by atoms with Gasteiger partial charge in [0.25, 0.3) is 6.35 Å². The predicted octanol–water partition coefficient (Wildman–Crippen LogP) is 5.14. The van der Waals surface area contributed by atoms with Gasteiger partial charge in [0.2, 0.25) is 5.90 Å². The van der Waals surface area contributed by atoms with Crippen molar-refractivity contribution in [3.05, 3.63) is 81.9 Å². The van der Waals surface area contributed by atoms with Crippen LogP contribution in [0.5, 0.6) is 0 Å². The summed E-state index contributed by atoms with van der Waals surface area (Å²) in [7, 11) is 12.5. The monoisotopic (exact) mass is 600 g/mol. The van der Waals surface area contributed by atoms with Crippen LogP contribution in [0.3, 0.4) is 0 Å². The molecule has 0 atom stereocenters. The van der Waals surface area contributed by atoms with Crippen LogP contribution < -0.4 is 16.4 Å². The van der Waals surface area contributed by atoms with Crippen LogP contribution in [0, 0.1) is 41.5 Å². The number of alkyl halides is 3. The van der Waals surface area contributed by atoms with Gasteiger partial charge in [-0.05, 0) is 47.6 Å². The fraction of sp³-hybridized carbons (Fsp3) is 0.406. The summed E-state index contributed by atoms with van der Waals surface area (Å²) in [6.07, 6.45) is -7.14. The van der Waals surface area contributed by atoms with Gasteiger partial charge < -0.3 is 4.65 Å². The van der Waals surface area contributed by atoms with E-state index in [1.54, 1.807) is 12.1 Å². The second-order valence-electron chi connectivity index (χ2n) is 11.7. The Bertz CT molecular complexity index is 1430. The van der Waals surface area contributed by atoms with Crippen molar-refractivity contribution in [2.75, 3.05) is 42.3 Å². The van der Waals surface area contributed by atoms with Crippen LogP contribution in [0.15, 0.2) is 53.5 Å². The first-order valence-electron chi connectivity index (χ1n) is 13.9. The molecule has 5 nitrogen and oxygen atoms in total. The Morgan fingerprint density at radius 3 is 1.48 bits per heavy atom. The summed E-state index contributed by atoms with van der Waals surface area (Å²) in [6.45, 7) is 11.8. The van der Waals surface area contributed by atoms with Gasteiger partial charge in [-0.2, -0.15) is 36.7 Å². The van der Waals surface area contributed by atoms with E-state index in [2.05, 4.69) is 59.8 Å². The average Bonchev–Trinajstić information content (AvgIpc) is 2.81. The smallest absolute Gasteiger partial charge is 0.464 e. The normalized spacial score (nSPS) is 14.3. The van der Waals surface area contributed by atoms with Crippen molar-refractivity contribution in [3.8, 4) is 0 Å². The summed E-state index contributed by atoms with van der Waals surface area (Å²) in [5.74, 6) is -1.20. The summed E-state index contributed by atoms with van der Waals surface area (Å²) >= 11 is 0.120. The number of hydrogen-bond acceptors (Lipinski definition) is 2. The van der Waals surface area contributed by atoms with E-state index >= 15 is 0 Å². The molecule has 0 saturated heterocycles. The van der Waals surface area contributed by atoms with E-state index in [1.165, 1.54) is 0 Å². The van der Waals surface area contributed by atoms with Crippen molar-refractivity contribution in [1.29, 1.82) is 0 Å². The topological polar surface area (TPSA) is 31.1 Å². The lowest BCUT2D eigenvalue weighted by Crippen LogP contribution is -2.74. The van der Waals surface area contributed by atoms with E-state index in [9.17, 15) is 13.2 Å². The lowest BCUT2D eigenvalue weighted by Gasteiger charge is -2.50. The number of fused-ring (bicyclic) bond motifs is 1. The SMILES string of the molecule is CN(C)S(N(C)C)=[N+](C)C.Cc1cc(C)c([B-]2(c3c(C)cc(C)cc3C)OC(C(F)(F)F)=Nc3ccccc32)c(C)c1. The number of nitrogens with zero attached hydrogens (tertiary/aromatic N) is 4. The van der Waals surface area contributed by atoms with Crippen molar-refractivity contribution in [2.45, 2.75) is 47.7 Å². The number of rotatable bonds is 4. The van der Waals surface area contributed by atoms with Crippen LogP contribution in [-0.2, 0) is 15.7 Å². The Morgan fingerprint density at radius 1 is 0.738 bits per heavy atom. The highest BCUT2D eigenvalue weighted by Crippen LogP contribution is 2.32. The van der Waals surface area contributed by atoms with E-state index in [0.29, 0.717) is 11.2 Å². The van der Waals surface area contributed by atoms with Crippen LogP contribution in [0.2, 0.25) is 0 Å². The molecule has 0 bridgehead atoms. The van der Waals surface area contributed by atoms with Gasteiger partial charge in [-0.15, -0.1) is 5.46 Å². The van der Waals surface area contributed by atoms with Crippen molar-refractivity contribution < 1.29 is 21.8 Å². The maximum absolute atomic E-state index is 14.1. The molecule has 228 valence electrons. The van der Waals surface area contributed by atoms with Crippen LogP contribution in [-0.4, -0.2) is 73.3 Å². The molecule has 10 heteroatoms. The number of para-hydroxylation sites is 1. The third kappa shape index (κ3) is 6.66. The lowest BCUT2D eigenvalue weighted by molar-refractivity contribution is -0.441. The fourth-order valence-electron chi connectivity index (χ4n) is 6.65. The highest BCUT2D eigenvalue weighted by Gasteiger charge is 2.48. The van der Waals surface area contributed by atoms with Crippen molar-refractivity contribution >= 4 is 45.4 Å². The first-order chi connectivity index (χ1) is 19.4. The quantitative estimate of drug-likeness (QED) is 0.307. The second kappa shape index (κ2) is 12.7. The van der Waals surface area contributed by atoms with Gasteiger partial charge >= 0.3 is 6.18 Å². The third-order valence-electron chi connectivity index (χ3n) is 7.40. The Labute approximate surface area is 252 Å². The van der Waals surface area contributed by atoms with Gasteiger partial charge in [-0.1, -0.05) is 75.8 Å². The minimum absolute atomic E-state index is 0.120. The Kier molecular flexibility index (Phi) is 10.2. The van der Waals surface area contributed by atoms with E-state index in [1.807, 2.05) is 77.9 Å². The lowest BCUT2D eigenvalue weighted by atomic mass is 9.25. The molecule has 0 fully saturated rings. The number of hydrogen-bond donors (Lipinski definition) is 0. The molecule has 0 radical (unpaired) electrons. The molecule has 4 rings (SSSR count). The molecule has 3 aromatic rings. The minimum Gasteiger partial charge on any atom is -0.685 e. The summed E-state index contributed by atoms with van der Waals surface area (Å²) in [5.41, 5.74) is 8.27. The standard InChI is InChI=1S/C26H26BF3NO.C6H18N3S/c1-15-11-17(3)23(18(4)12-15)27(24-19(5)13-16(2)14-20(24)6)21-9-7-8-10-22(21)31-25(32-27)26(28,29)30;1-7(2)10(8(3)4)9(5)6/h7-14H,1-6H3;1-6H3/q-1;+1. The molecule has 0 unspecified atom stereocenters. The molecular weight excluding hydrogens is 556 g/mol. The zero-order valence-electron chi connectivity index (χ0n) is 26.9. The van der Waals surface area contributed by atoms with Crippen LogP contribution in [0.1, 0.15) is 33.4 Å². The van der Waals surface area contributed by atoms with Gasteiger partial charge in [-0.25, -0.2) is 4.99 Å². The van der Waals surface area contributed by atoms with Crippen LogP contribution in [0.25, 0.3) is 0 Å². The van der Waals surface area contributed by atoms with E-state index in [0.717, 1.165) is 44.3 Å². The zero-order chi connectivity index (χ0) is 31.7. The highest BCUT2D eigenvalue weighted by molar-refractivity contribution is 7.80. The maximum Gasteiger partial charge on any atom is 0.464 e. The number of halogens is 3. The molecule has 1 aliphatic rings. The van der Waals surface area contributed by atoms with Gasteiger partial charge in [0, 0.05) is 33.9 Å². The molecule has 0 saturated carbocycles. The second-order valence-corrected chi connectivity index (χ2v) is 14.4. The van der Waals surface area contributed by atoms with Gasteiger partial charge in [-0.3, -0.25) is 0 Å². The molecule has 1 heterocycles. The fourth-order valence-corrected chi connectivity index (χ4v) is 8.61.